The van der Waals surface area contributed by atoms with E-state index in [-0.39, 0.29) is 5.91 Å². The van der Waals surface area contributed by atoms with E-state index in [1.807, 2.05) is 37.3 Å². The van der Waals surface area contributed by atoms with Gasteiger partial charge in [-0.15, -0.1) is 0 Å². The molecule has 0 saturated carbocycles. The lowest BCUT2D eigenvalue weighted by Crippen LogP contribution is -2.07. The van der Waals surface area contributed by atoms with Crippen molar-refractivity contribution >= 4 is 33.6 Å². The first kappa shape index (κ1) is 19.3. The molecule has 1 N–H and O–H groups in total. The van der Waals surface area contributed by atoms with E-state index in [1.165, 1.54) is 24.5 Å². The molecular weight excluding hydrogens is 378 g/mol. The van der Waals surface area contributed by atoms with Gasteiger partial charge in [-0.3, -0.25) is 4.79 Å². The molecule has 0 aromatic heterocycles. The molecule has 0 spiro atoms. The van der Waals surface area contributed by atoms with Gasteiger partial charge in [-0.2, -0.15) is 0 Å². The lowest BCUT2D eigenvalue weighted by atomic mass is 10.1. The predicted octanol–water partition coefficient (Wildman–Crippen LogP) is 5.84. The normalized spacial score (nSPS) is 10.8. The third-order valence-electron chi connectivity index (χ3n) is 3.73. The van der Waals surface area contributed by atoms with Crippen molar-refractivity contribution in [3.8, 4) is 5.75 Å². The maximum atomic E-state index is 12.1. The zero-order valence-electron chi connectivity index (χ0n) is 14.7. The zero-order valence-corrected chi connectivity index (χ0v) is 16.3. The summed E-state index contributed by atoms with van der Waals surface area (Å²) in [6, 6.07) is 13.8. The van der Waals surface area contributed by atoms with Crippen LogP contribution < -0.4 is 10.1 Å². The van der Waals surface area contributed by atoms with Crippen molar-refractivity contribution in [2.24, 2.45) is 0 Å². The van der Waals surface area contributed by atoms with Crippen molar-refractivity contribution in [3.05, 3.63) is 64.1 Å². The Morgan fingerprint density at radius 2 is 1.92 bits per heavy atom. The molecule has 4 heteroatoms. The number of carbonyl (C=O) groups excluding carboxylic acids is 1. The van der Waals surface area contributed by atoms with Crippen molar-refractivity contribution in [3.63, 3.8) is 0 Å². The van der Waals surface area contributed by atoms with Crippen LogP contribution in [0.25, 0.3) is 6.08 Å². The Balaban J connectivity index is 2.00. The number of nitrogens with one attached hydrogen (secondary N) is 1. The van der Waals surface area contributed by atoms with Gasteiger partial charge in [-0.1, -0.05) is 41.4 Å². The van der Waals surface area contributed by atoms with Crippen molar-refractivity contribution in [2.45, 2.75) is 33.1 Å². The lowest BCUT2D eigenvalue weighted by molar-refractivity contribution is -0.111. The van der Waals surface area contributed by atoms with Crippen LogP contribution in [0.3, 0.4) is 0 Å². The number of benzene rings is 2. The van der Waals surface area contributed by atoms with Crippen molar-refractivity contribution < 1.29 is 9.53 Å². The predicted molar refractivity (Wildman–Crippen MR) is 108 cm³/mol. The highest BCUT2D eigenvalue weighted by molar-refractivity contribution is 9.10. The zero-order chi connectivity index (χ0) is 18.1. The van der Waals surface area contributed by atoms with Gasteiger partial charge >= 0.3 is 0 Å². The quantitative estimate of drug-likeness (QED) is 0.563. The molecule has 2 rings (SSSR count). The molecule has 0 aliphatic heterocycles. The highest BCUT2D eigenvalue weighted by Crippen LogP contribution is 2.24. The lowest BCUT2D eigenvalue weighted by Gasteiger charge is -2.08. The summed E-state index contributed by atoms with van der Waals surface area (Å²) in [5, 5.41) is 2.88. The fourth-order valence-electron chi connectivity index (χ4n) is 2.42. The van der Waals surface area contributed by atoms with E-state index >= 15 is 0 Å². The molecule has 0 atom stereocenters. The first-order chi connectivity index (χ1) is 12.1. The average molecular weight is 402 g/mol. The molecule has 2 aromatic rings. The molecule has 2 aromatic carbocycles. The number of hydrogen-bond acceptors (Lipinski definition) is 2. The minimum Gasteiger partial charge on any atom is -0.493 e. The summed E-state index contributed by atoms with van der Waals surface area (Å²) in [5.74, 6) is 0.596. The first-order valence-electron chi connectivity index (χ1n) is 8.62. The summed E-state index contributed by atoms with van der Waals surface area (Å²) in [6.45, 7) is 4.70. The van der Waals surface area contributed by atoms with Gasteiger partial charge in [0.2, 0.25) is 5.91 Å². The van der Waals surface area contributed by atoms with Gasteiger partial charge in [0.25, 0.3) is 0 Å². The van der Waals surface area contributed by atoms with Crippen LogP contribution in [0.1, 0.15) is 37.8 Å². The summed E-state index contributed by atoms with van der Waals surface area (Å²) >= 11 is 3.44. The summed E-state index contributed by atoms with van der Waals surface area (Å²) in [7, 11) is 0. The molecule has 0 aliphatic carbocycles. The number of unbranched alkanes of at least 4 members (excludes halogenated alkanes) is 1. The monoisotopic (exact) mass is 401 g/mol. The number of aryl methyl sites for hydroxylation is 1. The molecule has 0 radical (unpaired) electrons. The minimum atomic E-state index is -0.163. The molecule has 0 saturated heterocycles. The number of anilines is 1. The SMILES string of the molecule is CCCCc1ccc(NC(=O)C=Cc2cc(Br)ccc2OCC)cc1. The van der Waals surface area contributed by atoms with E-state index in [0.717, 1.165) is 27.9 Å². The number of hydrogen-bond donors (Lipinski definition) is 1. The van der Waals surface area contributed by atoms with Crippen LogP contribution in [0.2, 0.25) is 0 Å². The minimum absolute atomic E-state index is 0.163. The van der Waals surface area contributed by atoms with Crippen LogP contribution in [0.5, 0.6) is 5.75 Å². The van der Waals surface area contributed by atoms with Gasteiger partial charge in [-0.05, 0) is 61.7 Å². The standard InChI is InChI=1S/C21H24BrNO2/c1-3-5-6-16-7-11-19(12-8-16)23-21(24)14-9-17-15-18(22)10-13-20(17)25-4-2/h7-15H,3-6H2,1-2H3,(H,23,24). The van der Waals surface area contributed by atoms with Crippen molar-refractivity contribution in [1.29, 1.82) is 0 Å². The molecule has 3 nitrogen and oxygen atoms in total. The van der Waals surface area contributed by atoms with Crippen LogP contribution in [-0.2, 0) is 11.2 Å². The smallest absolute Gasteiger partial charge is 0.248 e. The molecule has 132 valence electrons. The fourth-order valence-corrected chi connectivity index (χ4v) is 2.80. The Morgan fingerprint density at radius 3 is 2.60 bits per heavy atom. The van der Waals surface area contributed by atoms with Gasteiger partial charge in [0.05, 0.1) is 6.61 Å². The number of carbonyl (C=O) groups is 1. The summed E-state index contributed by atoms with van der Waals surface area (Å²) in [4.78, 5) is 12.1. The van der Waals surface area contributed by atoms with E-state index in [1.54, 1.807) is 6.08 Å². The van der Waals surface area contributed by atoms with E-state index in [4.69, 9.17) is 4.74 Å². The van der Waals surface area contributed by atoms with Crippen LogP contribution in [0.4, 0.5) is 5.69 Å². The third-order valence-corrected chi connectivity index (χ3v) is 4.22. The molecule has 0 aliphatic rings. The maximum Gasteiger partial charge on any atom is 0.248 e. The van der Waals surface area contributed by atoms with Crippen LogP contribution in [-0.4, -0.2) is 12.5 Å². The Labute approximate surface area is 158 Å². The van der Waals surface area contributed by atoms with E-state index in [0.29, 0.717) is 6.61 Å². The topological polar surface area (TPSA) is 38.3 Å². The number of rotatable bonds is 8. The van der Waals surface area contributed by atoms with Crippen LogP contribution in [0.15, 0.2) is 53.0 Å². The van der Waals surface area contributed by atoms with Crippen molar-refractivity contribution in [1.82, 2.24) is 0 Å². The second kappa shape index (κ2) is 10.0. The Bertz CT molecular complexity index is 723. The van der Waals surface area contributed by atoms with Crippen LogP contribution in [0, 0.1) is 0 Å². The molecule has 25 heavy (non-hydrogen) atoms. The van der Waals surface area contributed by atoms with Gasteiger partial charge in [0.15, 0.2) is 0 Å². The number of ether oxygens (including phenoxy) is 1. The molecular formula is C21H24BrNO2. The van der Waals surface area contributed by atoms with Gasteiger partial charge < -0.3 is 10.1 Å². The van der Waals surface area contributed by atoms with Gasteiger partial charge in [-0.25, -0.2) is 0 Å². The molecule has 0 unspecified atom stereocenters. The second-order valence-electron chi connectivity index (χ2n) is 5.74. The molecule has 0 heterocycles. The van der Waals surface area contributed by atoms with E-state index < -0.39 is 0 Å². The van der Waals surface area contributed by atoms with Crippen molar-refractivity contribution in [2.75, 3.05) is 11.9 Å². The van der Waals surface area contributed by atoms with Crippen LogP contribution >= 0.6 is 15.9 Å². The Hall–Kier alpha value is -2.07. The molecule has 0 bridgehead atoms. The summed E-state index contributed by atoms with van der Waals surface area (Å²) in [5.41, 5.74) is 2.96. The molecule has 1 amide bonds. The summed E-state index contributed by atoms with van der Waals surface area (Å²) in [6.07, 6.45) is 6.73. The second-order valence-corrected chi connectivity index (χ2v) is 6.65. The highest BCUT2D eigenvalue weighted by atomic mass is 79.9. The first-order valence-corrected chi connectivity index (χ1v) is 9.42. The molecule has 0 fully saturated rings. The van der Waals surface area contributed by atoms with E-state index in [9.17, 15) is 4.79 Å². The highest BCUT2D eigenvalue weighted by Gasteiger charge is 2.03. The summed E-state index contributed by atoms with van der Waals surface area (Å²) < 4.78 is 6.53. The maximum absolute atomic E-state index is 12.1. The van der Waals surface area contributed by atoms with Gasteiger partial charge in [0.1, 0.15) is 5.75 Å². The average Bonchev–Trinajstić information content (AvgIpc) is 2.61. The number of amides is 1. The largest absolute Gasteiger partial charge is 0.493 e. The van der Waals surface area contributed by atoms with E-state index in [2.05, 4.69) is 40.3 Å². The Morgan fingerprint density at radius 1 is 1.16 bits per heavy atom. The number of halogens is 1. The third kappa shape index (κ3) is 6.39. The fraction of sp³-hybridized carbons (Fsp3) is 0.286. The Kier molecular flexibility index (Phi) is 7.74. The van der Waals surface area contributed by atoms with Gasteiger partial charge in [0, 0.05) is 21.8 Å².